The fourth-order valence-corrected chi connectivity index (χ4v) is 7.21. The SMILES string of the molecule is CSc1sc(SC)c(/C=N/Nc2nnc3c(n2)[nH]c2ccccc23)c1/C=N/Nc1nnc2c(n1)[nH]c1ccccc12. The Hall–Kier alpha value is -4.60. The van der Waals surface area contributed by atoms with Gasteiger partial charge in [-0.2, -0.15) is 20.2 Å². The minimum Gasteiger partial charge on any atom is -0.338 e. The van der Waals surface area contributed by atoms with E-state index >= 15 is 0 Å². The van der Waals surface area contributed by atoms with Crippen molar-refractivity contribution in [2.45, 2.75) is 8.42 Å². The van der Waals surface area contributed by atoms with Crippen molar-refractivity contribution in [3.8, 4) is 0 Å². The Balaban J connectivity index is 1.13. The molecule has 5 heterocycles. The van der Waals surface area contributed by atoms with E-state index in [2.05, 4.69) is 61.4 Å². The second-order valence-corrected chi connectivity index (χ2v) is 11.8. The van der Waals surface area contributed by atoms with E-state index in [4.69, 9.17) is 0 Å². The summed E-state index contributed by atoms with van der Waals surface area (Å²) in [6.07, 6.45) is 7.56. The number of rotatable bonds is 8. The Morgan fingerprint density at radius 3 is 1.61 bits per heavy atom. The third kappa shape index (κ3) is 4.73. The van der Waals surface area contributed by atoms with E-state index in [1.165, 1.54) is 0 Å². The molecule has 7 aromatic rings. The quantitative estimate of drug-likeness (QED) is 0.0971. The molecular weight excluding hydrogens is 577 g/mol. The van der Waals surface area contributed by atoms with Crippen LogP contribution in [0, 0.1) is 0 Å². The molecule has 0 saturated carbocycles. The number of fused-ring (bicyclic) bond motifs is 6. The summed E-state index contributed by atoms with van der Waals surface area (Å²) >= 11 is 4.97. The van der Waals surface area contributed by atoms with Crippen molar-refractivity contribution in [2.75, 3.05) is 23.4 Å². The van der Waals surface area contributed by atoms with Crippen LogP contribution in [0.3, 0.4) is 0 Å². The van der Waals surface area contributed by atoms with Crippen LogP contribution in [-0.2, 0) is 0 Å². The summed E-state index contributed by atoms with van der Waals surface area (Å²) in [6.45, 7) is 0. The minimum absolute atomic E-state index is 0.292. The van der Waals surface area contributed by atoms with Gasteiger partial charge >= 0.3 is 0 Å². The normalized spacial score (nSPS) is 12.1. The molecule has 0 bridgehead atoms. The van der Waals surface area contributed by atoms with Crippen LogP contribution in [0.25, 0.3) is 44.1 Å². The highest BCUT2D eigenvalue weighted by Gasteiger charge is 2.16. The summed E-state index contributed by atoms with van der Waals surface area (Å²) in [4.78, 5) is 15.6. The maximum absolute atomic E-state index is 4.53. The number of H-pyrrole nitrogens is 2. The van der Waals surface area contributed by atoms with Crippen LogP contribution in [-0.4, -0.2) is 65.3 Å². The summed E-state index contributed by atoms with van der Waals surface area (Å²) in [7, 11) is 0. The minimum atomic E-state index is 0.292. The third-order valence-electron chi connectivity index (χ3n) is 6.25. The smallest absolute Gasteiger partial charge is 0.265 e. The molecule has 0 radical (unpaired) electrons. The lowest BCUT2D eigenvalue weighted by Crippen LogP contribution is -2.01. The molecule has 202 valence electrons. The van der Waals surface area contributed by atoms with Crippen LogP contribution in [0.15, 0.2) is 67.2 Å². The number of anilines is 2. The Morgan fingerprint density at radius 1 is 0.683 bits per heavy atom. The zero-order valence-corrected chi connectivity index (χ0v) is 24.0. The van der Waals surface area contributed by atoms with Gasteiger partial charge in [-0.3, -0.25) is 0 Å². The lowest BCUT2D eigenvalue weighted by Gasteiger charge is -2.00. The molecule has 15 heteroatoms. The zero-order valence-electron chi connectivity index (χ0n) is 21.6. The van der Waals surface area contributed by atoms with Gasteiger partial charge in [-0.1, -0.05) is 36.4 Å². The third-order valence-corrected chi connectivity index (χ3v) is 9.74. The highest BCUT2D eigenvalue weighted by atomic mass is 32.2. The number of benzene rings is 2. The van der Waals surface area contributed by atoms with Crippen molar-refractivity contribution in [1.82, 2.24) is 40.3 Å². The maximum Gasteiger partial charge on any atom is 0.265 e. The van der Waals surface area contributed by atoms with E-state index in [9.17, 15) is 0 Å². The number of aromatic amines is 2. The largest absolute Gasteiger partial charge is 0.338 e. The molecular formula is C26H20N12S3. The van der Waals surface area contributed by atoms with Crippen LogP contribution >= 0.6 is 34.9 Å². The van der Waals surface area contributed by atoms with Crippen molar-refractivity contribution in [1.29, 1.82) is 0 Å². The second kappa shape index (κ2) is 10.8. The van der Waals surface area contributed by atoms with Crippen molar-refractivity contribution >= 4 is 103 Å². The summed E-state index contributed by atoms with van der Waals surface area (Å²) in [5.41, 5.74) is 12.3. The molecule has 0 saturated heterocycles. The number of hydrogen-bond donors (Lipinski definition) is 4. The first-order chi connectivity index (χ1) is 20.2. The number of aromatic nitrogens is 8. The summed E-state index contributed by atoms with van der Waals surface area (Å²) in [6, 6.07) is 15.8. The van der Waals surface area contributed by atoms with Gasteiger partial charge in [0.15, 0.2) is 11.3 Å². The van der Waals surface area contributed by atoms with E-state index in [1.807, 2.05) is 61.0 Å². The van der Waals surface area contributed by atoms with E-state index in [1.54, 1.807) is 47.3 Å². The summed E-state index contributed by atoms with van der Waals surface area (Å²) < 4.78 is 2.20. The van der Waals surface area contributed by atoms with Crippen molar-refractivity contribution in [2.24, 2.45) is 10.2 Å². The first-order valence-electron chi connectivity index (χ1n) is 12.3. The fraction of sp³-hybridized carbons (Fsp3) is 0.0769. The zero-order chi connectivity index (χ0) is 27.8. The van der Waals surface area contributed by atoms with Gasteiger partial charge in [0.25, 0.3) is 11.9 Å². The first-order valence-corrected chi connectivity index (χ1v) is 15.5. The predicted molar refractivity (Wildman–Crippen MR) is 169 cm³/mol. The molecule has 2 aromatic carbocycles. The monoisotopic (exact) mass is 596 g/mol. The number of thioether (sulfide) groups is 2. The number of hydrazone groups is 2. The maximum atomic E-state index is 4.53. The molecule has 5 aromatic heterocycles. The van der Waals surface area contributed by atoms with Crippen molar-refractivity contribution in [3.05, 3.63) is 59.7 Å². The molecule has 41 heavy (non-hydrogen) atoms. The van der Waals surface area contributed by atoms with E-state index in [-0.39, 0.29) is 0 Å². The Bertz CT molecular complexity index is 1960. The number of para-hydroxylation sites is 2. The molecule has 0 fully saturated rings. The van der Waals surface area contributed by atoms with Crippen LogP contribution in [0.1, 0.15) is 11.1 Å². The second-order valence-electron chi connectivity index (χ2n) is 8.66. The predicted octanol–water partition coefficient (Wildman–Crippen LogP) is 5.72. The fourth-order valence-electron chi connectivity index (χ4n) is 4.41. The van der Waals surface area contributed by atoms with E-state index in [0.29, 0.717) is 23.2 Å². The number of hydrogen-bond acceptors (Lipinski definition) is 13. The lowest BCUT2D eigenvalue weighted by molar-refractivity contribution is 1.01. The molecule has 0 aliphatic rings. The Labute approximate surface area is 244 Å². The molecule has 0 aliphatic carbocycles. The highest BCUT2D eigenvalue weighted by Crippen LogP contribution is 2.38. The molecule has 0 aliphatic heterocycles. The van der Waals surface area contributed by atoms with Gasteiger partial charge in [-0.15, -0.1) is 55.3 Å². The number of thiophene rings is 1. The van der Waals surface area contributed by atoms with Gasteiger partial charge in [0, 0.05) is 32.9 Å². The van der Waals surface area contributed by atoms with Gasteiger partial charge in [-0.25, -0.2) is 10.9 Å². The highest BCUT2D eigenvalue weighted by molar-refractivity contribution is 8.02. The van der Waals surface area contributed by atoms with E-state index in [0.717, 1.165) is 52.4 Å². The molecule has 0 atom stereocenters. The Morgan fingerprint density at radius 2 is 1.15 bits per heavy atom. The van der Waals surface area contributed by atoms with Crippen LogP contribution in [0.4, 0.5) is 11.9 Å². The topological polar surface area (TPSA) is 158 Å². The average Bonchev–Trinajstić information content (AvgIpc) is 3.67. The number of nitrogens with one attached hydrogen (secondary N) is 4. The standard InChI is InChI=1S/C26H20N12S3/c1-39-23-15(11-27-35-25-31-21-19(33-37-25)13-7-3-5-9-17(13)29-21)16(24(40-2)41-23)12-28-36-26-32-22-20(34-38-26)14-8-4-6-10-18(14)30-22/h3-12H,1-2H3,(H2,29,31,35,37)(H2,30,32,36,38)/b27-11+,28-12+. The van der Waals surface area contributed by atoms with Crippen molar-refractivity contribution < 1.29 is 0 Å². The van der Waals surface area contributed by atoms with Gasteiger partial charge in [-0.05, 0) is 24.6 Å². The van der Waals surface area contributed by atoms with Gasteiger partial charge in [0.1, 0.15) is 11.0 Å². The average molecular weight is 597 g/mol. The van der Waals surface area contributed by atoms with Crippen LogP contribution in [0.5, 0.6) is 0 Å². The summed E-state index contributed by atoms with van der Waals surface area (Å²) in [5.74, 6) is 0.584. The molecule has 12 nitrogen and oxygen atoms in total. The number of nitrogens with zero attached hydrogens (tertiary/aromatic N) is 8. The van der Waals surface area contributed by atoms with E-state index < -0.39 is 0 Å². The van der Waals surface area contributed by atoms with Crippen molar-refractivity contribution in [3.63, 3.8) is 0 Å². The molecule has 0 unspecified atom stereocenters. The lowest BCUT2D eigenvalue weighted by atomic mass is 10.2. The first kappa shape index (κ1) is 25.4. The van der Waals surface area contributed by atoms with Crippen LogP contribution < -0.4 is 10.9 Å². The van der Waals surface area contributed by atoms with Gasteiger partial charge < -0.3 is 9.97 Å². The molecule has 0 amide bonds. The summed E-state index contributed by atoms with van der Waals surface area (Å²) in [5, 5.41) is 27.8. The molecule has 4 N–H and O–H groups in total. The Kier molecular flexibility index (Phi) is 6.66. The van der Waals surface area contributed by atoms with Gasteiger partial charge in [0.05, 0.1) is 20.8 Å². The van der Waals surface area contributed by atoms with Crippen LogP contribution in [0.2, 0.25) is 0 Å². The van der Waals surface area contributed by atoms with Gasteiger partial charge in [0.2, 0.25) is 0 Å². The molecule has 7 rings (SSSR count). The molecule has 0 spiro atoms.